The van der Waals surface area contributed by atoms with Crippen LogP contribution in [0.4, 0.5) is 0 Å². The fraction of sp³-hybridized carbons (Fsp3) is 0.647. The van der Waals surface area contributed by atoms with E-state index in [1.54, 1.807) is 4.90 Å². The summed E-state index contributed by atoms with van der Waals surface area (Å²) in [6, 6.07) is 0.122. The van der Waals surface area contributed by atoms with Gasteiger partial charge in [0.1, 0.15) is 5.69 Å². The van der Waals surface area contributed by atoms with Gasteiger partial charge in [0.2, 0.25) is 5.91 Å². The second kappa shape index (κ2) is 9.22. The second-order valence-corrected chi connectivity index (χ2v) is 6.59. The van der Waals surface area contributed by atoms with E-state index in [9.17, 15) is 9.59 Å². The van der Waals surface area contributed by atoms with E-state index in [0.717, 1.165) is 0 Å². The van der Waals surface area contributed by atoms with E-state index in [1.165, 1.54) is 18.6 Å². The first-order valence-corrected chi connectivity index (χ1v) is 8.16. The quantitative estimate of drug-likeness (QED) is 0.796. The van der Waals surface area contributed by atoms with Crippen LogP contribution >= 0.6 is 0 Å². The molecule has 0 saturated heterocycles. The Balaban J connectivity index is 2.65. The number of rotatable bonds is 8. The van der Waals surface area contributed by atoms with E-state index in [-0.39, 0.29) is 24.3 Å². The molecule has 1 unspecified atom stereocenters. The maximum atomic E-state index is 12.5. The Morgan fingerprint density at radius 2 is 1.87 bits per heavy atom. The van der Waals surface area contributed by atoms with Crippen molar-refractivity contribution in [3.8, 4) is 0 Å². The predicted octanol–water partition coefficient (Wildman–Crippen LogP) is 2.13. The van der Waals surface area contributed by atoms with Crippen LogP contribution in [0.5, 0.6) is 0 Å². The number of hydrogen-bond donors (Lipinski definition) is 1. The van der Waals surface area contributed by atoms with Gasteiger partial charge in [0.05, 0.1) is 6.20 Å². The molecule has 0 saturated carbocycles. The normalized spacial score (nSPS) is 12.3. The topological polar surface area (TPSA) is 75.2 Å². The minimum atomic E-state index is -0.184. The summed E-state index contributed by atoms with van der Waals surface area (Å²) < 4.78 is 0. The number of nitrogens with zero attached hydrogens (tertiary/aromatic N) is 3. The van der Waals surface area contributed by atoms with Crippen molar-refractivity contribution < 1.29 is 9.59 Å². The van der Waals surface area contributed by atoms with E-state index in [4.69, 9.17) is 0 Å². The molecule has 1 aromatic rings. The molecule has 1 atom stereocenters. The van der Waals surface area contributed by atoms with Gasteiger partial charge < -0.3 is 10.2 Å². The lowest BCUT2D eigenvalue weighted by Gasteiger charge is -2.24. The molecule has 0 bridgehead atoms. The molecule has 23 heavy (non-hydrogen) atoms. The Kier molecular flexibility index (Phi) is 7.65. The molecule has 0 aliphatic carbocycles. The lowest BCUT2D eigenvalue weighted by molar-refractivity contribution is -0.122. The van der Waals surface area contributed by atoms with Gasteiger partial charge in [0.15, 0.2) is 0 Å². The van der Waals surface area contributed by atoms with Gasteiger partial charge in [0, 0.05) is 37.9 Å². The Hall–Kier alpha value is -1.98. The summed E-state index contributed by atoms with van der Waals surface area (Å²) in [6.45, 7) is 11.2. The largest absolute Gasteiger partial charge is 0.353 e. The Morgan fingerprint density at radius 3 is 2.39 bits per heavy atom. The first-order chi connectivity index (χ1) is 10.8. The monoisotopic (exact) mass is 320 g/mol. The summed E-state index contributed by atoms with van der Waals surface area (Å²) in [6.07, 6.45) is 4.77. The molecule has 2 amide bonds. The minimum Gasteiger partial charge on any atom is -0.353 e. The van der Waals surface area contributed by atoms with Crippen molar-refractivity contribution >= 4 is 11.8 Å². The molecule has 0 radical (unpaired) electrons. The minimum absolute atomic E-state index is 0.0353. The molecule has 1 aromatic heterocycles. The van der Waals surface area contributed by atoms with Crippen molar-refractivity contribution in [2.24, 2.45) is 11.8 Å². The molecule has 0 aliphatic heterocycles. The van der Waals surface area contributed by atoms with Gasteiger partial charge in [-0.05, 0) is 18.8 Å². The summed E-state index contributed by atoms with van der Waals surface area (Å²) in [5.74, 6) is 0.476. The van der Waals surface area contributed by atoms with Crippen LogP contribution in [0.25, 0.3) is 0 Å². The van der Waals surface area contributed by atoms with E-state index in [1.807, 2.05) is 20.8 Å². The highest BCUT2D eigenvalue weighted by molar-refractivity contribution is 5.92. The molecule has 6 heteroatoms. The lowest BCUT2D eigenvalue weighted by atomic mass is 10.1. The fourth-order valence-electron chi connectivity index (χ4n) is 2.02. The molecule has 0 spiro atoms. The van der Waals surface area contributed by atoms with Gasteiger partial charge in [-0.25, -0.2) is 4.98 Å². The summed E-state index contributed by atoms with van der Waals surface area (Å²) in [5.41, 5.74) is 0.309. The summed E-state index contributed by atoms with van der Waals surface area (Å²) in [7, 11) is 0. The standard InChI is InChI=1S/C17H28N4O2/c1-12(2)11-21(17(23)15-10-18-7-8-19-15)9-6-16(22)20-14(5)13(3)4/h7-8,10,12-14H,6,9,11H2,1-5H3,(H,20,22). The highest BCUT2D eigenvalue weighted by Crippen LogP contribution is 2.06. The van der Waals surface area contributed by atoms with Crippen molar-refractivity contribution in [1.82, 2.24) is 20.2 Å². The lowest BCUT2D eigenvalue weighted by Crippen LogP contribution is -2.40. The van der Waals surface area contributed by atoms with Crippen LogP contribution in [0.15, 0.2) is 18.6 Å². The third kappa shape index (κ3) is 6.76. The zero-order valence-electron chi connectivity index (χ0n) is 14.7. The molecular formula is C17H28N4O2. The van der Waals surface area contributed by atoms with Crippen molar-refractivity contribution in [2.75, 3.05) is 13.1 Å². The van der Waals surface area contributed by atoms with Crippen molar-refractivity contribution in [3.63, 3.8) is 0 Å². The van der Waals surface area contributed by atoms with E-state index < -0.39 is 0 Å². The second-order valence-electron chi connectivity index (χ2n) is 6.59. The van der Waals surface area contributed by atoms with Crippen LogP contribution in [0.1, 0.15) is 51.5 Å². The Bertz CT molecular complexity index is 503. The summed E-state index contributed by atoms with van der Waals surface area (Å²) in [4.78, 5) is 34.2. The number of nitrogens with one attached hydrogen (secondary N) is 1. The molecule has 1 heterocycles. The van der Waals surface area contributed by atoms with Crippen LogP contribution in [0, 0.1) is 11.8 Å². The summed E-state index contributed by atoms with van der Waals surface area (Å²) >= 11 is 0. The first-order valence-electron chi connectivity index (χ1n) is 8.16. The molecule has 0 aliphatic rings. The average Bonchev–Trinajstić information content (AvgIpc) is 2.51. The van der Waals surface area contributed by atoms with Crippen molar-refractivity contribution in [1.29, 1.82) is 0 Å². The molecule has 0 fully saturated rings. The number of aromatic nitrogens is 2. The smallest absolute Gasteiger partial charge is 0.274 e. The number of hydrogen-bond acceptors (Lipinski definition) is 4. The molecule has 1 N–H and O–H groups in total. The van der Waals surface area contributed by atoms with Crippen LogP contribution in [-0.2, 0) is 4.79 Å². The van der Waals surface area contributed by atoms with Gasteiger partial charge >= 0.3 is 0 Å². The molecule has 128 valence electrons. The van der Waals surface area contributed by atoms with Gasteiger partial charge in [-0.15, -0.1) is 0 Å². The van der Waals surface area contributed by atoms with Crippen LogP contribution in [-0.4, -0.2) is 45.8 Å². The SMILES string of the molecule is CC(C)CN(CCC(=O)NC(C)C(C)C)C(=O)c1cnccn1. The molecular weight excluding hydrogens is 292 g/mol. The maximum absolute atomic E-state index is 12.5. The van der Waals surface area contributed by atoms with Crippen LogP contribution in [0.2, 0.25) is 0 Å². The van der Waals surface area contributed by atoms with Gasteiger partial charge in [-0.2, -0.15) is 0 Å². The van der Waals surface area contributed by atoms with Gasteiger partial charge in [-0.1, -0.05) is 27.7 Å². The number of carbonyl (C=O) groups is 2. The summed E-state index contributed by atoms with van der Waals surface area (Å²) in [5, 5.41) is 2.96. The molecule has 1 rings (SSSR count). The number of carbonyl (C=O) groups excluding carboxylic acids is 2. The Morgan fingerprint density at radius 1 is 1.17 bits per heavy atom. The van der Waals surface area contributed by atoms with Crippen molar-refractivity contribution in [3.05, 3.63) is 24.3 Å². The van der Waals surface area contributed by atoms with Crippen molar-refractivity contribution in [2.45, 2.75) is 47.1 Å². The van der Waals surface area contributed by atoms with E-state index in [0.29, 0.717) is 30.6 Å². The zero-order chi connectivity index (χ0) is 17.4. The van der Waals surface area contributed by atoms with Crippen LogP contribution < -0.4 is 5.32 Å². The van der Waals surface area contributed by atoms with Crippen LogP contribution in [0.3, 0.4) is 0 Å². The van der Waals surface area contributed by atoms with E-state index in [2.05, 4.69) is 29.1 Å². The van der Waals surface area contributed by atoms with Gasteiger partial charge in [-0.3, -0.25) is 14.6 Å². The Labute approximate surface area is 138 Å². The highest BCUT2D eigenvalue weighted by atomic mass is 16.2. The van der Waals surface area contributed by atoms with E-state index >= 15 is 0 Å². The third-order valence-corrected chi connectivity index (χ3v) is 3.65. The predicted molar refractivity (Wildman–Crippen MR) is 89.8 cm³/mol. The van der Waals surface area contributed by atoms with Gasteiger partial charge in [0.25, 0.3) is 5.91 Å². The number of amides is 2. The first kappa shape index (κ1) is 19.1. The molecule has 6 nitrogen and oxygen atoms in total. The maximum Gasteiger partial charge on any atom is 0.274 e. The zero-order valence-corrected chi connectivity index (χ0v) is 14.7. The average molecular weight is 320 g/mol. The fourth-order valence-corrected chi connectivity index (χ4v) is 2.02. The third-order valence-electron chi connectivity index (χ3n) is 3.65. The molecule has 0 aromatic carbocycles. The highest BCUT2D eigenvalue weighted by Gasteiger charge is 2.20.